The van der Waals surface area contributed by atoms with E-state index < -0.39 is 0 Å². The first-order chi connectivity index (χ1) is 4.83. The minimum Gasteiger partial charge on any atom is -0.367 e. The molecule has 0 bridgehead atoms. The summed E-state index contributed by atoms with van der Waals surface area (Å²) in [5, 5.41) is 0. The molecule has 0 fully saturated rings. The molecule has 1 rings (SSSR count). The summed E-state index contributed by atoms with van der Waals surface area (Å²) in [7, 11) is 0. The van der Waals surface area contributed by atoms with E-state index in [4.69, 9.17) is 11.2 Å². The van der Waals surface area contributed by atoms with Crippen molar-refractivity contribution in [2.45, 2.75) is 32.0 Å². The smallest absolute Gasteiger partial charge is 0.0773 e. The second-order valence-corrected chi connectivity index (χ2v) is 2.51. The van der Waals surface area contributed by atoms with Crippen LogP contribution in [-0.4, -0.2) is 12.2 Å². The van der Waals surface area contributed by atoms with Gasteiger partial charge >= 0.3 is 0 Å². The van der Waals surface area contributed by atoms with Gasteiger partial charge < -0.3 is 4.74 Å². The third kappa shape index (κ3) is 1.89. The quantitative estimate of drug-likeness (QED) is 0.415. The van der Waals surface area contributed by atoms with Crippen LogP contribution in [0.15, 0.2) is 12.2 Å². The lowest BCUT2D eigenvalue weighted by Gasteiger charge is -2.07. The standard InChI is InChI=1S/C9H12O/c1-3-4-5-9-7-6-8(2)10-9/h1,6-9H,4-5H2,2H3. The number of rotatable bonds is 2. The molecule has 1 nitrogen and oxygen atoms in total. The highest BCUT2D eigenvalue weighted by Crippen LogP contribution is 2.14. The van der Waals surface area contributed by atoms with E-state index in [1.54, 1.807) is 0 Å². The molecule has 1 heterocycles. The fourth-order valence-electron chi connectivity index (χ4n) is 1.04. The summed E-state index contributed by atoms with van der Waals surface area (Å²) in [6.07, 6.45) is 11.6. The highest BCUT2D eigenvalue weighted by atomic mass is 16.5. The Morgan fingerprint density at radius 3 is 2.90 bits per heavy atom. The lowest BCUT2D eigenvalue weighted by atomic mass is 10.2. The molecule has 2 atom stereocenters. The first-order valence-electron chi connectivity index (χ1n) is 3.60. The zero-order valence-corrected chi connectivity index (χ0v) is 6.21. The van der Waals surface area contributed by atoms with E-state index in [9.17, 15) is 0 Å². The van der Waals surface area contributed by atoms with Crippen LogP contribution in [0, 0.1) is 12.3 Å². The molecule has 0 radical (unpaired) electrons. The molecule has 1 heteroatoms. The van der Waals surface area contributed by atoms with Crippen LogP contribution in [-0.2, 0) is 4.74 Å². The molecule has 10 heavy (non-hydrogen) atoms. The van der Waals surface area contributed by atoms with Gasteiger partial charge in [-0.15, -0.1) is 12.3 Å². The largest absolute Gasteiger partial charge is 0.367 e. The summed E-state index contributed by atoms with van der Waals surface area (Å²) in [5.74, 6) is 2.60. The molecular weight excluding hydrogens is 124 g/mol. The summed E-state index contributed by atoms with van der Waals surface area (Å²) in [6.45, 7) is 2.03. The Bertz CT molecular complexity index is 164. The molecule has 0 saturated carbocycles. The van der Waals surface area contributed by atoms with Crippen LogP contribution >= 0.6 is 0 Å². The van der Waals surface area contributed by atoms with E-state index in [0.29, 0.717) is 0 Å². The van der Waals surface area contributed by atoms with E-state index in [1.807, 2.05) is 6.92 Å². The summed E-state index contributed by atoms with van der Waals surface area (Å²) >= 11 is 0. The van der Waals surface area contributed by atoms with Gasteiger partial charge in [0.2, 0.25) is 0 Å². The van der Waals surface area contributed by atoms with Crippen molar-refractivity contribution in [3.63, 3.8) is 0 Å². The molecule has 54 valence electrons. The lowest BCUT2D eigenvalue weighted by Crippen LogP contribution is -2.08. The highest BCUT2D eigenvalue weighted by molar-refractivity contribution is 5.01. The summed E-state index contributed by atoms with van der Waals surface area (Å²) in [6, 6.07) is 0. The van der Waals surface area contributed by atoms with Gasteiger partial charge in [0.1, 0.15) is 0 Å². The first-order valence-corrected chi connectivity index (χ1v) is 3.60. The average molecular weight is 136 g/mol. The maximum atomic E-state index is 5.46. The van der Waals surface area contributed by atoms with Crippen molar-refractivity contribution in [2.24, 2.45) is 0 Å². The summed E-state index contributed by atoms with van der Waals surface area (Å²) in [4.78, 5) is 0. The van der Waals surface area contributed by atoms with E-state index in [-0.39, 0.29) is 12.2 Å². The van der Waals surface area contributed by atoms with Gasteiger partial charge in [0.05, 0.1) is 12.2 Å². The molecule has 0 aromatic heterocycles. The van der Waals surface area contributed by atoms with Crippen molar-refractivity contribution >= 4 is 0 Å². The fourth-order valence-corrected chi connectivity index (χ4v) is 1.04. The zero-order valence-electron chi connectivity index (χ0n) is 6.21. The Hall–Kier alpha value is -0.740. The van der Waals surface area contributed by atoms with Crippen molar-refractivity contribution in [3.8, 4) is 12.3 Å². The SMILES string of the molecule is C#CCCC1C=CC(C)O1. The second kappa shape index (κ2) is 3.43. The van der Waals surface area contributed by atoms with Crippen molar-refractivity contribution in [1.82, 2.24) is 0 Å². The van der Waals surface area contributed by atoms with E-state index >= 15 is 0 Å². The third-order valence-corrected chi connectivity index (χ3v) is 1.56. The highest BCUT2D eigenvalue weighted by Gasteiger charge is 2.13. The van der Waals surface area contributed by atoms with Gasteiger partial charge in [0.15, 0.2) is 0 Å². The Morgan fingerprint density at radius 1 is 1.60 bits per heavy atom. The minimum atomic E-state index is 0.269. The normalized spacial score (nSPS) is 30.4. The van der Waals surface area contributed by atoms with Crippen molar-refractivity contribution in [2.75, 3.05) is 0 Å². The Kier molecular flexibility index (Phi) is 2.53. The van der Waals surface area contributed by atoms with Gasteiger partial charge in [0.25, 0.3) is 0 Å². The second-order valence-electron chi connectivity index (χ2n) is 2.51. The Morgan fingerprint density at radius 2 is 2.40 bits per heavy atom. The zero-order chi connectivity index (χ0) is 7.40. The fraction of sp³-hybridized carbons (Fsp3) is 0.556. The van der Waals surface area contributed by atoms with Crippen LogP contribution in [0.1, 0.15) is 19.8 Å². The van der Waals surface area contributed by atoms with Crippen LogP contribution in [0.5, 0.6) is 0 Å². The van der Waals surface area contributed by atoms with Gasteiger partial charge in [-0.25, -0.2) is 0 Å². The van der Waals surface area contributed by atoms with E-state index in [1.165, 1.54) is 0 Å². The first kappa shape index (κ1) is 7.37. The molecule has 0 N–H and O–H groups in total. The van der Waals surface area contributed by atoms with Gasteiger partial charge in [-0.2, -0.15) is 0 Å². The molecule has 1 aliphatic heterocycles. The predicted molar refractivity (Wildman–Crippen MR) is 41.5 cm³/mol. The molecule has 2 unspecified atom stereocenters. The number of hydrogen-bond donors (Lipinski definition) is 0. The minimum absolute atomic E-state index is 0.269. The summed E-state index contributed by atoms with van der Waals surface area (Å²) < 4.78 is 5.46. The van der Waals surface area contributed by atoms with Crippen molar-refractivity contribution in [1.29, 1.82) is 0 Å². The topological polar surface area (TPSA) is 9.23 Å². The van der Waals surface area contributed by atoms with Crippen LogP contribution in [0.2, 0.25) is 0 Å². The van der Waals surface area contributed by atoms with Crippen LogP contribution in [0.3, 0.4) is 0 Å². The molecule has 0 aromatic rings. The number of ether oxygens (including phenoxy) is 1. The number of hydrogen-bond acceptors (Lipinski definition) is 1. The molecule has 1 aliphatic rings. The van der Waals surface area contributed by atoms with Gasteiger partial charge in [-0.1, -0.05) is 12.2 Å². The third-order valence-electron chi connectivity index (χ3n) is 1.56. The predicted octanol–water partition coefficient (Wildman–Crippen LogP) is 1.74. The van der Waals surface area contributed by atoms with E-state index in [0.717, 1.165) is 12.8 Å². The maximum Gasteiger partial charge on any atom is 0.0773 e. The van der Waals surface area contributed by atoms with Gasteiger partial charge in [0, 0.05) is 6.42 Å². The average Bonchev–Trinajstić information content (AvgIpc) is 2.31. The lowest BCUT2D eigenvalue weighted by molar-refractivity contribution is 0.0675. The van der Waals surface area contributed by atoms with E-state index in [2.05, 4.69) is 18.1 Å². The molecule has 0 aliphatic carbocycles. The van der Waals surface area contributed by atoms with Crippen LogP contribution in [0.25, 0.3) is 0 Å². The Labute approximate surface area is 62.1 Å². The van der Waals surface area contributed by atoms with Crippen molar-refractivity contribution in [3.05, 3.63) is 12.2 Å². The van der Waals surface area contributed by atoms with Gasteiger partial charge in [-0.05, 0) is 13.3 Å². The van der Waals surface area contributed by atoms with Crippen molar-refractivity contribution < 1.29 is 4.74 Å². The maximum absolute atomic E-state index is 5.46. The number of terminal acetylenes is 1. The van der Waals surface area contributed by atoms with Crippen LogP contribution in [0.4, 0.5) is 0 Å². The van der Waals surface area contributed by atoms with Crippen LogP contribution < -0.4 is 0 Å². The molecule has 0 aromatic carbocycles. The van der Waals surface area contributed by atoms with Gasteiger partial charge in [-0.3, -0.25) is 0 Å². The molecular formula is C9H12O. The molecule has 0 spiro atoms. The molecule has 0 amide bonds. The monoisotopic (exact) mass is 136 g/mol. The molecule has 0 saturated heterocycles. The summed E-state index contributed by atoms with van der Waals surface area (Å²) in [5.41, 5.74) is 0. The Balaban J connectivity index is 2.21.